The van der Waals surface area contributed by atoms with Crippen molar-refractivity contribution < 1.29 is 4.79 Å². The number of benzene rings is 1. The molecule has 1 amide bonds. The average molecular weight is 375 g/mol. The monoisotopic (exact) mass is 374 g/mol. The molecule has 7 nitrogen and oxygen atoms in total. The lowest BCUT2D eigenvalue weighted by Gasteiger charge is -2.34. The molecule has 8 heteroatoms. The molecule has 26 heavy (non-hydrogen) atoms. The fourth-order valence-electron chi connectivity index (χ4n) is 2.95. The Bertz CT molecular complexity index is 747. The first kappa shape index (κ1) is 18.4. The number of nitrogens with one attached hydrogen (secondary N) is 1. The van der Waals surface area contributed by atoms with E-state index in [4.69, 9.17) is 11.6 Å². The summed E-state index contributed by atoms with van der Waals surface area (Å²) in [7, 11) is 3.87. The van der Waals surface area contributed by atoms with E-state index in [0.717, 1.165) is 43.5 Å². The van der Waals surface area contributed by atoms with Crippen LogP contribution < -0.4 is 15.1 Å². The van der Waals surface area contributed by atoms with Gasteiger partial charge in [0, 0.05) is 57.7 Å². The minimum absolute atomic E-state index is 0.0419. The summed E-state index contributed by atoms with van der Waals surface area (Å²) >= 11 is 6.07. The highest BCUT2D eigenvalue weighted by atomic mass is 35.5. The van der Waals surface area contributed by atoms with E-state index in [1.54, 1.807) is 18.5 Å². The maximum atomic E-state index is 12.5. The van der Waals surface area contributed by atoms with Gasteiger partial charge in [0.15, 0.2) is 0 Å². The van der Waals surface area contributed by atoms with Crippen molar-refractivity contribution >= 4 is 34.8 Å². The smallest absolute Gasteiger partial charge is 0.238 e. The van der Waals surface area contributed by atoms with Crippen molar-refractivity contribution in [3.05, 3.63) is 41.7 Å². The summed E-state index contributed by atoms with van der Waals surface area (Å²) in [6, 6.07) is 7.30. The van der Waals surface area contributed by atoms with Crippen LogP contribution in [0.3, 0.4) is 0 Å². The maximum absolute atomic E-state index is 12.5. The van der Waals surface area contributed by atoms with Gasteiger partial charge in [-0.05, 0) is 24.3 Å². The summed E-state index contributed by atoms with van der Waals surface area (Å²) in [6.07, 6.45) is 3.49. The van der Waals surface area contributed by atoms with Crippen LogP contribution in [0.1, 0.15) is 0 Å². The Balaban J connectivity index is 1.54. The minimum atomic E-state index is -0.0419. The third-order valence-electron chi connectivity index (χ3n) is 4.29. The van der Waals surface area contributed by atoms with Crippen molar-refractivity contribution in [1.82, 2.24) is 14.9 Å². The van der Waals surface area contributed by atoms with Gasteiger partial charge in [-0.3, -0.25) is 9.69 Å². The zero-order valence-corrected chi connectivity index (χ0v) is 15.8. The number of rotatable bonds is 5. The molecule has 2 aromatic rings. The highest BCUT2D eigenvalue weighted by Gasteiger charge is 2.21. The second kappa shape index (κ2) is 8.33. The Hall–Kier alpha value is -2.38. The number of piperazine rings is 1. The first-order chi connectivity index (χ1) is 12.5. The largest absolute Gasteiger partial charge is 0.376 e. The number of carbonyl (C=O) groups is 1. The maximum Gasteiger partial charge on any atom is 0.238 e. The zero-order valence-electron chi connectivity index (χ0n) is 15.0. The van der Waals surface area contributed by atoms with Gasteiger partial charge in [-0.2, -0.15) is 0 Å². The van der Waals surface area contributed by atoms with Crippen LogP contribution in [-0.4, -0.2) is 67.6 Å². The Labute approximate surface area is 158 Å². The molecule has 3 rings (SSSR count). The topological polar surface area (TPSA) is 64.6 Å². The summed E-state index contributed by atoms with van der Waals surface area (Å²) < 4.78 is 0. The number of hydrogen-bond acceptors (Lipinski definition) is 6. The summed E-state index contributed by atoms with van der Waals surface area (Å²) in [5, 5.41) is 3.58. The van der Waals surface area contributed by atoms with Crippen LogP contribution in [0.15, 0.2) is 36.7 Å². The molecule has 0 saturated carbocycles. The Morgan fingerprint density at radius 3 is 2.54 bits per heavy atom. The minimum Gasteiger partial charge on any atom is -0.376 e. The molecular formula is C18H23ClN6O. The summed E-state index contributed by atoms with van der Waals surface area (Å²) in [5.74, 6) is 0.700. The van der Waals surface area contributed by atoms with Crippen LogP contribution >= 0.6 is 11.6 Å². The first-order valence-electron chi connectivity index (χ1n) is 8.54. The molecule has 0 radical (unpaired) electrons. The number of hydrogen-bond donors (Lipinski definition) is 1. The second-order valence-electron chi connectivity index (χ2n) is 6.42. The van der Waals surface area contributed by atoms with Crippen molar-refractivity contribution in [2.45, 2.75) is 0 Å². The van der Waals surface area contributed by atoms with Crippen molar-refractivity contribution in [2.24, 2.45) is 0 Å². The molecule has 0 spiro atoms. The van der Waals surface area contributed by atoms with E-state index in [0.29, 0.717) is 11.6 Å². The standard InChI is InChI=1S/C18H23ClN6O/c1-23(2)16-5-4-14(19)12-15(16)22-17(26)13-24-8-10-25(11-9-24)18-20-6-3-7-21-18/h3-7,12H,8-11,13H2,1-2H3,(H,22,26). The Morgan fingerprint density at radius 2 is 1.88 bits per heavy atom. The van der Waals surface area contributed by atoms with E-state index in [9.17, 15) is 4.79 Å². The molecule has 0 bridgehead atoms. The van der Waals surface area contributed by atoms with Gasteiger partial charge in [0.05, 0.1) is 17.9 Å². The zero-order chi connectivity index (χ0) is 18.5. The third kappa shape index (κ3) is 4.62. The third-order valence-corrected chi connectivity index (χ3v) is 4.52. The van der Waals surface area contributed by atoms with Gasteiger partial charge in [0.2, 0.25) is 11.9 Å². The Morgan fingerprint density at radius 1 is 1.19 bits per heavy atom. The first-order valence-corrected chi connectivity index (χ1v) is 8.92. The molecule has 138 valence electrons. The SMILES string of the molecule is CN(C)c1ccc(Cl)cc1NC(=O)CN1CCN(c2ncccn2)CC1. The van der Waals surface area contributed by atoms with Crippen molar-refractivity contribution in [2.75, 3.05) is 61.9 Å². The lowest BCUT2D eigenvalue weighted by molar-refractivity contribution is -0.117. The number of aromatic nitrogens is 2. The van der Waals surface area contributed by atoms with Gasteiger partial charge < -0.3 is 15.1 Å². The van der Waals surface area contributed by atoms with E-state index in [-0.39, 0.29) is 5.91 Å². The molecule has 1 saturated heterocycles. The van der Waals surface area contributed by atoms with Gasteiger partial charge in [-0.1, -0.05) is 11.6 Å². The number of anilines is 3. The van der Waals surface area contributed by atoms with Gasteiger partial charge >= 0.3 is 0 Å². The van der Waals surface area contributed by atoms with Crippen LogP contribution in [0, 0.1) is 0 Å². The summed E-state index contributed by atoms with van der Waals surface area (Å²) in [6.45, 7) is 3.54. The molecule has 1 aromatic heterocycles. The van der Waals surface area contributed by atoms with E-state index >= 15 is 0 Å². The molecule has 1 fully saturated rings. The lowest BCUT2D eigenvalue weighted by Crippen LogP contribution is -2.49. The summed E-state index contributed by atoms with van der Waals surface area (Å²) in [4.78, 5) is 27.2. The average Bonchev–Trinajstić information content (AvgIpc) is 2.63. The molecule has 2 heterocycles. The van der Waals surface area contributed by atoms with Crippen molar-refractivity contribution in [3.63, 3.8) is 0 Å². The predicted octanol–water partition coefficient (Wildman–Crippen LogP) is 1.96. The number of nitrogens with zero attached hydrogens (tertiary/aromatic N) is 5. The van der Waals surface area contributed by atoms with Crippen LogP contribution in [0.25, 0.3) is 0 Å². The number of carbonyl (C=O) groups excluding carboxylic acids is 1. The molecule has 1 N–H and O–H groups in total. The summed E-state index contributed by atoms with van der Waals surface area (Å²) in [5.41, 5.74) is 1.65. The molecule has 1 aromatic carbocycles. The highest BCUT2D eigenvalue weighted by Crippen LogP contribution is 2.27. The van der Waals surface area contributed by atoms with E-state index in [1.165, 1.54) is 0 Å². The van der Waals surface area contributed by atoms with Gasteiger partial charge in [-0.15, -0.1) is 0 Å². The van der Waals surface area contributed by atoms with Crippen LogP contribution in [0.4, 0.5) is 17.3 Å². The molecule has 0 aliphatic carbocycles. The van der Waals surface area contributed by atoms with E-state index < -0.39 is 0 Å². The van der Waals surface area contributed by atoms with Crippen LogP contribution in [0.5, 0.6) is 0 Å². The molecule has 0 unspecified atom stereocenters. The molecule has 1 aliphatic rings. The molecule has 0 atom stereocenters. The highest BCUT2D eigenvalue weighted by molar-refractivity contribution is 6.31. The van der Waals surface area contributed by atoms with Crippen LogP contribution in [-0.2, 0) is 4.79 Å². The van der Waals surface area contributed by atoms with Crippen molar-refractivity contribution in [3.8, 4) is 0 Å². The van der Waals surface area contributed by atoms with Gasteiger partial charge in [0.1, 0.15) is 0 Å². The molecular weight excluding hydrogens is 352 g/mol. The fraction of sp³-hybridized carbons (Fsp3) is 0.389. The lowest BCUT2D eigenvalue weighted by atomic mass is 10.2. The normalized spacial score (nSPS) is 15.0. The second-order valence-corrected chi connectivity index (χ2v) is 6.85. The molecule has 1 aliphatic heterocycles. The van der Waals surface area contributed by atoms with Gasteiger partial charge in [0.25, 0.3) is 0 Å². The van der Waals surface area contributed by atoms with Gasteiger partial charge in [-0.25, -0.2) is 9.97 Å². The number of halogens is 1. The predicted molar refractivity (Wildman–Crippen MR) is 105 cm³/mol. The fourth-order valence-corrected chi connectivity index (χ4v) is 3.12. The Kier molecular flexibility index (Phi) is 5.90. The van der Waals surface area contributed by atoms with E-state index in [1.807, 2.05) is 37.2 Å². The van der Waals surface area contributed by atoms with E-state index in [2.05, 4.69) is 25.1 Å². The number of amides is 1. The van der Waals surface area contributed by atoms with Crippen LogP contribution in [0.2, 0.25) is 5.02 Å². The quantitative estimate of drug-likeness (QED) is 0.863. The van der Waals surface area contributed by atoms with Crippen molar-refractivity contribution in [1.29, 1.82) is 0 Å².